The average Bonchev–Trinajstić information content (AvgIpc) is 2.72. The number of carbonyl (C=O) groups excluding carboxylic acids is 1. The van der Waals surface area contributed by atoms with Crippen molar-refractivity contribution < 1.29 is 14.3 Å². The van der Waals surface area contributed by atoms with Crippen LogP contribution < -0.4 is 25.4 Å². The predicted octanol–water partition coefficient (Wildman–Crippen LogP) is 5.03. The average molecular weight is 552 g/mol. The first-order valence-electron chi connectivity index (χ1n) is 10.9. The fourth-order valence-corrected chi connectivity index (χ4v) is 3.30. The molecule has 2 aromatic carbocycles. The van der Waals surface area contributed by atoms with Crippen LogP contribution in [-0.2, 0) is 11.3 Å². The van der Waals surface area contributed by atoms with Gasteiger partial charge in [-0.05, 0) is 56.5 Å². The summed E-state index contributed by atoms with van der Waals surface area (Å²) >= 11 is 0. The lowest BCUT2D eigenvalue weighted by atomic mass is 9.85. The molecule has 1 amide bonds. The summed E-state index contributed by atoms with van der Waals surface area (Å²) in [6.07, 6.45) is 3.13. The number of ether oxygens (including phenoxy) is 2. The van der Waals surface area contributed by atoms with Crippen molar-refractivity contribution in [1.82, 2.24) is 5.32 Å². The Hall–Kier alpha value is -2.49. The molecule has 3 rings (SSSR count). The number of hydrogen-bond donors (Lipinski definition) is 3. The number of guanidine groups is 1. The molecule has 174 valence electrons. The Kier molecular flexibility index (Phi) is 10.6. The van der Waals surface area contributed by atoms with Crippen molar-refractivity contribution in [1.29, 1.82) is 0 Å². The van der Waals surface area contributed by atoms with E-state index in [0.29, 0.717) is 30.6 Å². The first kappa shape index (κ1) is 25.8. The number of carbonyl (C=O) groups is 1. The molecule has 1 aliphatic carbocycles. The van der Waals surface area contributed by atoms with Crippen LogP contribution in [0.25, 0.3) is 0 Å². The van der Waals surface area contributed by atoms with Gasteiger partial charge >= 0.3 is 0 Å². The Morgan fingerprint density at radius 1 is 1.06 bits per heavy atom. The molecule has 32 heavy (non-hydrogen) atoms. The molecule has 1 fully saturated rings. The Balaban J connectivity index is 0.00000363. The van der Waals surface area contributed by atoms with Gasteiger partial charge in [-0.2, -0.15) is 0 Å². The minimum atomic E-state index is 0. The first-order chi connectivity index (χ1) is 15.1. The van der Waals surface area contributed by atoms with Crippen molar-refractivity contribution in [3.05, 3.63) is 48.0 Å². The highest BCUT2D eigenvalue weighted by Gasteiger charge is 2.25. The van der Waals surface area contributed by atoms with Gasteiger partial charge in [0.2, 0.25) is 5.91 Å². The van der Waals surface area contributed by atoms with Crippen molar-refractivity contribution in [3.63, 3.8) is 0 Å². The molecule has 0 radical (unpaired) electrons. The van der Waals surface area contributed by atoms with Crippen molar-refractivity contribution >= 4 is 47.2 Å². The minimum Gasteiger partial charge on any atom is -0.493 e. The molecule has 0 heterocycles. The number of anilines is 2. The van der Waals surface area contributed by atoms with E-state index in [2.05, 4.69) is 20.9 Å². The number of nitrogens with one attached hydrogen (secondary N) is 3. The summed E-state index contributed by atoms with van der Waals surface area (Å²) in [5.74, 6) is 2.32. The predicted molar refractivity (Wildman–Crippen MR) is 140 cm³/mol. The van der Waals surface area contributed by atoms with E-state index in [1.54, 1.807) is 7.11 Å². The van der Waals surface area contributed by atoms with Crippen LogP contribution in [0.2, 0.25) is 0 Å². The summed E-state index contributed by atoms with van der Waals surface area (Å²) in [5.41, 5.74) is 2.69. The summed E-state index contributed by atoms with van der Waals surface area (Å²) in [5, 5.41) is 9.58. The van der Waals surface area contributed by atoms with Crippen LogP contribution in [0.1, 0.15) is 38.7 Å². The second-order valence-electron chi connectivity index (χ2n) is 7.44. The van der Waals surface area contributed by atoms with Crippen molar-refractivity contribution in [2.75, 3.05) is 30.9 Å². The maximum Gasteiger partial charge on any atom is 0.227 e. The SMILES string of the molecule is CCNC(=NCc1cccc(NC(=O)C2CCC2)c1)Nc1ccc(OCC)c(OC)c1.I. The number of rotatable bonds is 9. The fraction of sp³-hybridized carbons (Fsp3) is 0.417. The smallest absolute Gasteiger partial charge is 0.227 e. The lowest BCUT2D eigenvalue weighted by molar-refractivity contribution is -0.122. The third-order valence-corrected chi connectivity index (χ3v) is 5.16. The Morgan fingerprint density at radius 3 is 2.50 bits per heavy atom. The molecule has 3 N–H and O–H groups in total. The highest BCUT2D eigenvalue weighted by atomic mass is 127. The van der Waals surface area contributed by atoms with E-state index in [9.17, 15) is 4.79 Å². The number of methoxy groups -OCH3 is 1. The number of aliphatic imine (C=N–C) groups is 1. The van der Waals surface area contributed by atoms with Crippen molar-refractivity contribution in [2.45, 2.75) is 39.7 Å². The molecule has 0 spiro atoms. The van der Waals surface area contributed by atoms with Gasteiger partial charge in [0.05, 0.1) is 20.3 Å². The Morgan fingerprint density at radius 2 is 1.84 bits per heavy atom. The Labute approximate surface area is 207 Å². The van der Waals surface area contributed by atoms with Crippen LogP contribution in [0, 0.1) is 5.92 Å². The van der Waals surface area contributed by atoms with Crippen molar-refractivity contribution in [2.24, 2.45) is 10.9 Å². The molecular formula is C24H33IN4O3. The zero-order chi connectivity index (χ0) is 22.1. The zero-order valence-electron chi connectivity index (χ0n) is 18.9. The van der Waals surface area contributed by atoms with Gasteiger partial charge in [0.1, 0.15) is 0 Å². The minimum absolute atomic E-state index is 0. The van der Waals surface area contributed by atoms with E-state index < -0.39 is 0 Å². The number of benzene rings is 2. The molecule has 0 atom stereocenters. The van der Waals surface area contributed by atoms with Crippen LogP contribution in [-0.4, -0.2) is 32.1 Å². The molecule has 0 aromatic heterocycles. The second kappa shape index (κ2) is 13.1. The first-order valence-corrected chi connectivity index (χ1v) is 10.9. The third-order valence-electron chi connectivity index (χ3n) is 5.16. The number of halogens is 1. The van der Waals surface area contributed by atoms with Gasteiger partial charge in [-0.25, -0.2) is 4.99 Å². The topological polar surface area (TPSA) is 84.0 Å². The molecule has 8 heteroatoms. The number of amides is 1. The number of nitrogens with zero attached hydrogens (tertiary/aromatic N) is 1. The maximum absolute atomic E-state index is 12.2. The lowest BCUT2D eigenvalue weighted by Gasteiger charge is -2.24. The van der Waals surface area contributed by atoms with Gasteiger partial charge in [-0.1, -0.05) is 18.6 Å². The van der Waals surface area contributed by atoms with Gasteiger partial charge in [-0.3, -0.25) is 4.79 Å². The molecule has 1 saturated carbocycles. The molecule has 2 aromatic rings. The monoisotopic (exact) mass is 552 g/mol. The maximum atomic E-state index is 12.2. The molecule has 0 bridgehead atoms. The summed E-state index contributed by atoms with van der Waals surface area (Å²) in [6.45, 7) is 5.75. The largest absolute Gasteiger partial charge is 0.493 e. The van der Waals surface area contributed by atoms with E-state index >= 15 is 0 Å². The van der Waals surface area contributed by atoms with Gasteiger partial charge in [-0.15, -0.1) is 24.0 Å². The van der Waals surface area contributed by atoms with E-state index in [1.807, 2.05) is 56.3 Å². The van der Waals surface area contributed by atoms with E-state index in [0.717, 1.165) is 42.7 Å². The zero-order valence-corrected chi connectivity index (χ0v) is 21.3. The van der Waals surface area contributed by atoms with Crippen LogP contribution in [0.3, 0.4) is 0 Å². The molecule has 0 unspecified atom stereocenters. The summed E-state index contributed by atoms with van der Waals surface area (Å²) in [4.78, 5) is 16.9. The summed E-state index contributed by atoms with van der Waals surface area (Å²) < 4.78 is 11.0. The van der Waals surface area contributed by atoms with E-state index in [-0.39, 0.29) is 35.8 Å². The van der Waals surface area contributed by atoms with Crippen LogP contribution in [0.15, 0.2) is 47.5 Å². The van der Waals surface area contributed by atoms with Crippen LogP contribution >= 0.6 is 24.0 Å². The highest BCUT2D eigenvalue weighted by molar-refractivity contribution is 14.0. The normalized spacial score (nSPS) is 13.4. The standard InChI is InChI=1S/C24H32N4O3.HI/c1-4-25-24(28-20-12-13-21(31-5-2)22(15-20)30-3)26-16-17-8-6-11-19(14-17)27-23(29)18-9-7-10-18;/h6,8,11-15,18H,4-5,7,9-10,16H2,1-3H3,(H,27,29)(H2,25,26,28);1H. The molecular weight excluding hydrogens is 519 g/mol. The molecule has 1 aliphatic rings. The number of hydrogen-bond acceptors (Lipinski definition) is 4. The molecule has 0 saturated heterocycles. The van der Waals surface area contributed by atoms with Gasteiger partial charge < -0.3 is 25.4 Å². The summed E-state index contributed by atoms with van der Waals surface area (Å²) in [7, 11) is 1.62. The van der Waals surface area contributed by atoms with Gasteiger partial charge in [0.15, 0.2) is 17.5 Å². The van der Waals surface area contributed by atoms with Crippen molar-refractivity contribution in [3.8, 4) is 11.5 Å². The van der Waals surface area contributed by atoms with Crippen LogP contribution in [0.4, 0.5) is 11.4 Å². The summed E-state index contributed by atoms with van der Waals surface area (Å²) in [6, 6.07) is 13.5. The molecule has 7 nitrogen and oxygen atoms in total. The highest BCUT2D eigenvalue weighted by Crippen LogP contribution is 2.30. The Bertz CT molecular complexity index is 916. The van der Waals surface area contributed by atoms with E-state index in [1.165, 1.54) is 0 Å². The second-order valence-corrected chi connectivity index (χ2v) is 7.44. The van der Waals surface area contributed by atoms with E-state index in [4.69, 9.17) is 9.47 Å². The third kappa shape index (κ3) is 7.29. The fourth-order valence-electron chi connectivity index (χ4n) is 3.30. The lowest BCUT2D eigenvalue weighted by Crippen LogP contribution is -2.30. The van der Waals surface area contributed by atoms with Gasteiger partial charge in [0.25, 0.3) is 0 Å². The molecule has 0 aliphatic heterocycles. The van der Waals surface area contributed by atoms with Gasteiger partial charge in [0, 0.05) is 29.9 Å². The van der Waals surface area contributed by atoms with Crippen LogP contribution in [0.5, 0.6) is 11.5 Å². The quantitative estimate of drug-likeness (QED) is 0.231.